The molecule has 2 aromatic rings. The number of halogens is 1. The molecule has 0 amide bonds. The second-order valence-corrected chi connectivity index (χ2v) is 6.77. The summed E-state index contributed by atoms with van der Waals surface area (Å²) in [5.41, 5.74) is 0.418. The molecule has 0 atom stereocenters. The van der Waals surface area contributed by atoms with E-state index in [9.17, 15) is 18.8 Å². The number of fused-ring (bicyclic) bond motifs is 1. The number of quaternary nitrogens is 1. The lowest BCUT2D eigenvalue weighted by atomic mass is 10.1. The van der Waals surface area contributed by atoms with Crippen LogP contribution in [0.5, 0.6) is 0 Å². The van der Waals surface area contributed by atoms with Crippen molar-refractivity contribution in [1.82, 2.24) is 9.64 Å². The average molecular weight is 423 g/mol. The van der Waals surface area contributed by atoms with E-state index in [4.69, 9.17) is 19.5 Å². The monoisotopic (exact) mass is 423 g/mol. The van der Waals surface area contributed by atoms with E-state index in [2.05, 4.69) is 5.16 Å². The minimum Gasteiger partial charge on any atom is -0.478 e. The molecule has 30 heavy (non-hydrogen) atoms. The summed E-state index contributed by atoms with van der Waals surface area (Å²) in [6, 6.07) is 4.40. The van der Waals surface area contributed by atoms with Crippen molar-refractivity contribution in [2.75, 3.05) is 26.2 Å². The van der Waals surface area contributed by atoms with Gasteiger partial charge in [-0.15, -0.1) is 0 Å². The van der Waals surface area contributed by atoms with Crippen LogP contribution in [0.3, 0.4) is 0 Å². The summed E-state index contributed by atoms with van der Waals surface area (Å²) < 4.78 is 24.2. The SMILES string of the molecule is CCOC(=O)C[N+]1(c2noc3cc(F)ccc23)CCCCC1.O=C(O)/C=C/C(=O)O. The quantitative estimate of drug-likeness (QED) is 0.413. The number of esters is 1. The summed E-state index contributed by atoms with van der Waals surface area (Å²) in [5, 5.41) is 20.6. The van der Waals surface area contributed by atoms with E-state index in [1.54, 1.807) is 13.0 Å². The Labute approximate surface area is 171 Å². The van der Waals surface area contributed by atoms with Crippen molar-refractivity contribution < 1.29 is 38.2 Å². The van der Waals surface area contributed by atoms with Crippen LogP contribution in [0.4, 0.5) is 10.2 Å². The lowest BCUT2D eigenvalue weighted by Gasteiger charge is -2.37. The molecule has 3 rings (SSSR count). The van der Waals surface area contributed by atoms with Crippen LogP contribution in [0, 0.1) is 5.82 Å². The van der Waals surface area contributed by atoms with E-state index in [0.717, 1.165) is 37.7 Å². The van der Waals surface area contributed by atoms with Crippen molar-refractivity contribution in [2.45, 2.75) is 26.2 Å². The number of aromatic nitrogens is 1. The fourth-order valence-electron chi connectivity index (χ4n) is 3.40. The molecule has 1 saturated heterocycles. The molecule has 1 aromatic heterocycles. The lowest BCUT2D eigenvalue weighted by Crippen LogP contribution is -2.56. The Kier molecular flexibility index (Phi) is 8.05. The van der Waals surface area contributed by atoms with Gasteiger partial charge in [-0.05, 0) is 43.5 Å². The summed E-state index contributed by atoms with van der Waals surface area (Å²) in [5.74, 6) is -2.39. The Bertz CT molecular complexity index is 916. The number of aliphatic carboxylic acids is 2. The van der Waals surface area contributed by atoms with Crippen LogP contribution in [-0.4, -0.2) is 59.5 Å². The zero-order chi connectivity index (χ0) is 22.1. The Morgan fingerprint density at radius 2 is 1.80 bits per heavy atom. The zero-order valence-electron chi connectivity index (χ0n) is 16.5. The Hall–Kier alpha value is -3.27. The van der Waals surface area contributed by atoms with Crippen molar-refractivity contribution in [3.05, 3.63) is 36.2 Å². The number of hydrogen-bond donors (Lipinski definition) is 2. The van der Waals surface area contributed by atoms with E-state index in [-0.39, 0.29) is 18.3 Å². The van der Waals surface area contributed by atoms with E-state index in [0.29, 0.717) is 34.6 Å². The number of nitrogens with zero attached hydrogens (tertiary/aromatic N) is 2. The van der Waals surface area contributed by atoms with Gasteiger partial charge in [0.1, 0.15) is 11.2 Å². The van der Waals surface area contributed by atoms with Crippen molar-refractivity contribution in [3.63, 3.8) is 0 Å². The highest BCUT2D eigenvalue weighted by Crippen LogP contribution is 2.34. The van der Waals surface area contributed by atoms with Crippen LogP contribution in [0.25, 0.3) is 11.0 Å². The first kappa shape index (κ1) is 23.0. The van der Waals surface area contributed by atoms with Gasteiger partial charge in [0, 0.05) is 18.2 Å². The summed E-state index contributed by atoms with van der Waals surface area (Å²) in [6.45, 7) is 4.04. The molecule has 0 radical (unpaired) electrons. The highest BCUT2D eigenvalue weighted by molar-refractivity contribution is 5.90. The van der Waals surface area contributed by atoms with Crippen LogP contribution < -0.4 is 4.48 Å². The van der Waals surface area contributed by atoms with Gasteiger partial charge >= 0.3 is 17.9 Å². The number of rotatable bonds is 6. The Morgan fingerprint density at radius 3 is 2.37 bits per heavy atom. The normalized spacial score (nSPS) is 15.4. The number of carboxylic acids is 2. The molecule has 2 heterocycles. The molecule has 0 bridgehead atoms. The van der Waals surface area contributed by atoms with Crippen LogP contribution in [-0.2, 0) is 19.1 Å². The van der Waals surface area contributed by atoms with Crippen LogP contribution in [0.2, 0.25) is 0 Å². The van der Waals surface area contributed by atoms with Gasteiger partial charge in [-0.1, -0.05) is 0 Å². The second-order valence-electron chi connectivity index (χ2n) is 6.77. The van der Waals surface area contributed by atoms with E-state index < -0.39 is 11.9 Å². The number of carboxylic acid groups (broad SMARTS) is 2. The van der Waals surface area contributed by atoms with Gasteiger partial charge in [0.2, 0.25) is 0 Å². The number of hydrogen-bond acceptors (Lipinski definition) is 6. The summed E-state index contributed by atoms with van der Waals surface area (Å²) in [4.78, 5) is 31.2. The molecule has 1 aliphatic heterocycles. The number of carbonyl (C=O) groups is 3. The molecular weight excluding hydrogens is 399 g/mol. The molecule has 0 spiro atoms. The largest absolute Gasteiger partial charge is 0.478 e. The topological polar surface area (TPSA) is 127 Å². The molecule has 0 saturated carbocycles. The van der Waals surface area contributed by atoms with Crippen molar-refractivity contribution in [2.24, 2.45) is 0 Å². The first-order valence-electron chi connectivity index (χ1n) is 9.48. The average Bonchev–Trinajstić information content (AvgIpc) is 3.11. The number of likely N-dealkylation sites (tertiary alicyclic amines) is 1. The molecule has 1 aliphatic rings. The van der Waals surface area contributed by atoms with Gasteiger partial charge in [-0.2, -0.15) is 0 Å². The molecule has 162 valence electrons. The molecule has 10 heteroatoms. The maximum atomic E-state index is 13.3. The summed E-state index contributed by atoms with van der Waals surface area (Å²) in [7, 11) is 0. The number of ether oxygens (including phenoxy) is 1. The smallest absolute Gasteiger partial charge is 0.362 e. The van der Waals surface area contributed by atoms with E-state index in [1.165, 1.54) is 12.1 Å². The third-order valence-electron chi connectivity index (χ3n) is 4.64. The maximum Gasteiger partial charge on any atom is 0.362 e. The second kappa shape index (κ2) is 10.5. The standard InChI is InChI=1S/C16H20FN2O3.C4H4O4/c1-2-21-15(20)11-19(8-4-3-5-9-19)16-13-7-6-12(17)10-14(13)22-18-16;5-3(6)1-2-4(7)8/h6-7,10H,2-5,8-9,11H2,1H3;1-2H,(H,5,6)(H,7,8)/q+1;/b;2-1+. The van der Waals surface area contributed by atoms with Crippen LogP contribution in [0.1, 0.15) is 26.2 Å². The lowest BCUT2D eigenvalue weighted by molar-refractivity contribution is -0.144. The van der Waals surface area contributed by atoms with Gasteiger partial charge in [-0.3, -0.25) is 4.48 Å². The van der Waals surface area contributed by atoms with Crippen molar-refractivity contribution in [1.29, 1.82) is 0 Å². The minimum absolute atomic E-state index is 0.234. The molecule has 1 aromatic carbocycles. The number of benzene rings is 1. The van der Waals surface area contributed by atoms with Gasteiger partial charge in [-0.25, -0.2) is 18.8 Å². The highest BCUT2D eigenvalue weighted by Gasteiger charge is 2.39. The Morgan fingerprint density at radius 1 is 1.17 bits per heavy atom. The number of piperidine rings is 1. The molecule has 0 unspecified atom stereocenters. The highest BCUT2D eigenvalue weighted by atomic mass is 19.1. The van der Waals surface area contributed by atoms with E-state index in [1.807, 2.05) is 0 Å². The summed E-state index contributed by atoms with van der Waals surface area (Å²) >= 11 is 0. The fraction of sp³-hybridized carbons (Fsp3) is 0.400. The van der Waals surface area contributed by atoms with Crippen LogP contribution in [0.15, 0.2) is 34.9 Å². The van der Waals surface area contributed by atoms with Crippen LogP contribution >= 0.6 is 0 Å². The predicted octanol–water partition coefficient (Wildman–Crippen LogP) is 2.73. The van der Waals surface area contributed by atoms with Crippen molar-refractivity contribution in [3.8, 4) is 0 Å². The third kappa shape index (κ3) is 6.11. The van der Waals surface area contributed by atoms with Gasteiger partial charge in [0.15, 0.2) is 12.1 Å². The van der Waals surface area contributed by atoms with Crippen molar-refractivity contribution >= 4 is 34.7 Å². The molecule has 0 aliphatic carbocycles. The minimum atomic E-state index is -1.26. The summed E-state index contributed by atoms with van der Waals surface area (Å²) in [6.07, 6.45) is 4.31. The number of carbonyl (C=O) groups excluding carboxylic acids is 1. The zero-order valence-corrected chi connectivity index (χ0v) is 16.5. The molecule has 2 N–H and O–H groups in total. The molecule has 9 nitrogen and oxygen atoms in total. The van der Waals surface area contributed by atoms with Gasteiger partial charge in [0.05, 0.1) is 19.7 Å². The first-order chi connectivity index (χ1) is 14.3. The molecule has 1 fully saturated rings. The van der Waals surface area contributed by atoms with E-state index >= 15 is 0 Å². The van der Waals surface area contributed by atoms with Gasteiger partial charge < -0.3 is 19.5 Å². The fourth-order valence-corrected chi connectivity index (χ4v) is 3.40. The molecular formula is C20H24FN2O7+. The maximum absolute atomic E-state index is 13.3. The third-order valence-corrected chi connectivity index (χ3v) is 4.64. The first-order valence-corrected chi connectivity index (χ1v) is 9.48. The Balaban J connectivity index is 0.000000343. The predicted molar refractivity (Wildman–Crippen MR) is 105 cm³/mol. The van der Waals surface area contributed by atoms with Gasteiger partial charge in [0.25, 0.3) is 5.82 Å².